The van der Waals surface area contributed by atoms with Crippen molar-refractivity contribution < 1.29 is 4.74 Å². The van der Waals surface area contributed by atoms with Crippen molar-refractivity contribution in [1.82, 2.24) is 20.2 Å². The van der Waals surface area contributed by atoms with Crippen LogP contribution in [0.3, 0.4) is 0 Å². The van der Waals surface area contributed by atoms with Crippen molar-refractivity contribution >= 4 is 11.8 Å². The highest BCUT2D eigenvalue weighted by molar-refractivity contribution is 7.99. The van der Waals surface area contributed by atoms with Gasteiger partial charge in [-0.2, -0.15) is 5.10 Å². The number of nitrogens with zero attached hydrogens (tertiary/aromatic N) is 3. The SMILES string of the molecule is Cn1ncnc1CC(NN)C1CSc2ccccc2O1. The molecule has 0 amide bonds. The molecule has 2 atom stereocenters. The average molecular weight is 291 g/mol. The fourth-order valence-electron chi connectivity index (χ4n) is 2.23. The molecule has 20 heavy (non-hydrogen) atoms. The molecule has 2 heterocycles. The van der Waals surface area contributed by atoms with Crippen molar-refractivity contribution in [2.75, 3.05) is 5.75 Å². The van der Waals surface area contributed by atoms with E-state index in [0.29, 0.717) is 6.42 Å². The Hall–Kier alpha value is -1.57. The van der Waals surface area contributed by atoms with E-state index in [2.05, 4.69) is 21.6 Å². The van der Waals surface area contributed by atoms with Crippen molar-refractivity contribution in [3.8, 4) is 5.75 Å². The van der Waals surface area contributed by atoms with Crippen LogP contribution < -0.4 is 16.0 Å². The average Bonchev–Trinajstić information content (AvgIpc) is 2.89. The van der Waals surface area contributed by atoms with Crippen LogP contribution in [0.2, 0.25) is 0 Å². The lowest BCUT2D eigenvalue weighted by atomic mass is 10.1. The van der Waals surface area contributed by atoms with Crippen LogP contribution in [-0.2, 0) is 13.5 Å². The number of para-hydroxylation sites is 1. The van der Waals surface area contributed by atoms with Gasteiger partial charge < -0.3 is 4.74 Å². The van der Waals surface area contributed by atoms with E-state index in [9.17, 15) is 0 Å². The summed E-state index contributed by atoms with van der Waals surface area (Å²) in [7, 11) is 1.88. The van der Waals surface area contributed by atoms with E-state index in [1.807, 2.05) is 25.2 Å². The molecule has 106 valence electrons. The molecule has 0 fully saturated rings. The van der Waals surface area contributed by atoms with Gasteiger partial charge in [-0.1, -0.05) is 12.1 Å². The second-order valence-corrected chi connectivity index (χ2v) is 5.75. The lowest BCUT2D eigenvalue weighted by Crippen LogP contribution is -2.50. The van der Waals surface area contributed by atoms with Crippen molar-refractivity contribution in [3.63, 3.8) is 0 Å². The van der Waals surface area contributed by atoms with Crippen LogP contribution in [0.1, 0.15) is 5.82 Å². The quantitative estimate of drug-likeness (QED) is 0.639. The van der Waals surface area contributed by atoms with Crippen LogP contribution >= 0.6 is 11.8 Å². The molecule has 1 aromatic carbocycles. The van der Waals surface area contributed by atoms with Crippen LogP contribution in [0.15, 0.2) is 35.5 Å². The van der Waals surface area contributed by atoms with Gasteiger partial charge in [0.15, 0.2) is 0 Å². The number of nitrogens with two attached hydrogens (primary N) is 1. The van der Waals surface area contributed by atoms with Crippen molar-refractivity contribution in [2.24, 2.45) is 12.9 Å². The minimum absolute atomic E-state index is 0.00115. The smallest absolute Gasteiger partial charge is 0.138 e. The molecule has 0 bridgehead atoms. The molecule has 2 unspecified atom stereocenters. The summed E-state index contributed by atoms with van der Waals surface area (Å²) >= 11 is 1.79. The highest BCUT2D eigenvalue weighted by atomic mass is 32.2. The van der Waals surface area contributed by atoms with Crippen LogP contribution in [-0.4, -0.2) is 32.7 Å². The summed E-state index contributed by atoms with van der Waals surface area (Å²) in [4.78, 5) is 5.42. The van der Waals surface area contributed by atoms with Gasteiger partial charge in [0.05, 0.1) is 6.04 Å². The van der Waals surface area contributed by atoms with E-state index in [1.165, 1.54) is 4.90 Å². The van der Waals surface area contributed by atoms with Gasteiger partial charge in [0.25, 0.3) is 0 Å². The number of hydrazine groups is 1. The van der Waals surface area contributed by atoms with Gasteiger partial charge in [-0.3, -0.25) is 16.0 Å². The third-order valence-corrected chi connectivity index (χ3v) is 4.54. The minimum atomic E-state index is -0.00115. The Morgan fingerprint density at radius 1 is 1.55 bits per heavy atom. The third kappa shape index (κ3) is 2.65. The van der Waals surface area contributed by atoms with Crippen LogP contribution in [0.4, 0.5) is 0 Å². The summed E-state index contributed by atoms with van der Waals surface area (Å²) < 4.78 is 7.81. The van der Waals surface area contributed by atoms with E-state index >= 15 is 0 Å². The number of rotatable bonds is 4. The summed E-state index contributed by atoms with van der Waals surface area (Å²) in [6, 6.07) is 8.07. The maximum atomic E-state index is 6.05. The number of thioether (sulfide) groups is 1. The zero-order valence-electron chi connectivity index (χ0n) is 11.2. The Bertz CT molecular complexity index is 588. The molecule has 1 aromatic heterocycles. The molecule has 6 nitrogen and oxygen atoms in total. The number of ether oxygens (including phenoxy) is 1. The van der Waals surface area contributed by atoms with Gasteiger partial charge in [-0.05, 0) is 12.1 Å². The highest BCUT2D eigenvalue weighted by Crippen LogP contribution is 2.35. The first-order chi connectivity index (χ1) is 9.78. The van der Waals surface area contributed by atoms with Gasteiger partial charge in [0.2, 0.25) is 0 Å². The molecule has 1 aliphatic heterocycles. The number of hydrogen-bond acceptors (Lipinski definition) is 6. The largest absolute Gasteiger partial charge is 0.487 e. The highest BCUT2D eigenvalue weighted by Gasteiger charge is 2.28. The summed E-state index contributed by atoms with van der Waals surface area (Å²) in [6.45, 7) is 0. The Kier molecular flexibility index (Phi) is 3.90. The number of fused-ring (bicyclic) bond motifs is 1. The van der Waals surface area contributed by atoms with E-state index in [1.54, 1.807) is 22.8 Å². The van der Waals surface area contributed by atoms with Gasteiger partial charge in [0.1, 0.15) is 24.0 Å². The summed E-state index contributed by atoms with van der Waals surface area (Å²) in [6.07, 6.45) is 2.24. The van der Waals surface area contributed by atoms with Crippen molar-refractivity contribution in [2.45, 2.75) is 23.5 Å². The molecule has 0 saturated heterocycles. The maximum absolute atomic E-state index is 6.05. The van der Waals surface area contributed by atoms with Gasteiger partial charge in [-0.15, -0.1) is 11.8 Å². The maximum Gasteiger partial charge on any atom is 0.138 e. The van der Waals surface area contributed by atoms with Gasteiger partial charge >= 0.3 is 0 Å². The zero-order chi connectivity index (χ0) is 13.9. The molecular formula is C13H17N5OS. The molecule has 0 aliphatic carbocycles. The number of aromatic nitrogens is 3. The molecule has 3 rings (SSSR count). The van der Waals surface area contributed by atoms with E-state index in [-0.39, 0.29) is 12.1 Å². The number of hydrogen-bond donors (Lipinski definition) is 2. The second-order valence-electron chi connectivity index (χ2n) is 4.69. The predicted octanol–water partition coefficient (Wildman–Crippen LogP) is 0.743. The first-order valence-corrected chi connectivity index (χ1v) is 7.44. The summed E-state index contributed by atoms with van der Waals surface area (Å²) in [5.74, 6) is 8.37. The molecule has 1 aliphatic rings. The molecule has 0 spiro atoms. The second kappa shape index (κ2) is 5.82. The number of nitrogens with one attached hydrogen (secondary N) is 1. The van der Waals surface area contributed by atoms with Crippen molar-refractivity contribution in [3.05, 3.63) is 36.4 Å². The van der Waals surface area contributed by atoms with Crippen LogP contribution in [0, 0.1) is 0 Å². The molecular weight excluding hydrogens is 274 g/mol. The lowest BCUT2D eigenvalue weighted by Gasteiger charge is -2.31. The third-order valence-electron chi connectivity index (χ3n) is 3.40. The first-order valence-electron chi connectivity index (χ1n) is 6.45. The predicted molar refractivity (Wildman–Crippen MR) is 77.4 cm³/mol. The Morgan fingerprint density at radius 3 is 3.15 bits per heavy atom. The monoisotopic (exact) mass is 291 g/mol. The van der Waals surface area contributed by atoms with Crippen LogP contribution in [0.5, 0.6) is 5.75 Å². The zero-order valence-corrected chi connectivity index (χ0v) is 12.0. The molecule has 7 heteroatoms. The molecule has 2 aromatic rings. The van der Waals surface area contributed by atoms with E-state index in [0.717, 1.165) is 17.3 Å². The summed E-state index contributed by atoms with van der Waals surface area (Å²) in [5, 5.41) is 4.08. The van der Waals surface area contributed by atoms with E-state index in [4.69, 9.17) is 10.6 Å². The Balaban J connectivity index is 1.73. The molecule has 3 N–H and O–H groups in total. The number of aryl methyl sites for hydroxylation is 1. The van der Waals surface area contributed by atoms with Gasteiger partial charge in [-0.25, -0.2) is 4.98 Å². The minimum Gasteiger partial charge on any atom is -0.487 e. The van der Waals surface area contributed by atoms with Crippen molar-refractivity contribution in [1.29, 1.82) is 0 Å². The Labute approximate surface area is 121 Å². The normalized spacial score (nSPS) is 19.2. The number of benzene rings is 1. The van der Waals surface area contributed by atoms with Gasteiger partial charge in [0, 0.05) is 24.1 Å². The Morgan fingerprint density at radius 2 is 2.40 bits per heavy atom. The topological polar surface area (TPSA) is 78.0 Å². The standard InChI is InChI=1S/C13H17N5OS/c1-18-13(15-8-16-18)6-9(17-14)11-7-20-12-5-3-2-4-10(12)19-11/h2-5,8-9,11,17H,6-7,14H2,1H3. The lowest BCUT2D eigenvalue weighted by molar-refractivity contribution is 0.164. The first kappa shape index (κ1) is 13.4. The fourth-order valence-corrected chi connectivity index (χ4v) is 3.31. The van der Waals surface area contributed by atoms with Crippen LogP contribution in [0.25, 0.3) is 0 Å². The fraction of sp³-hybridized carbons (Fsp3) is 0.385. The molecule has 0 saturated carbocycles. The summed E-state index contributed by atoms with van der Waals surface area (Å²) in [5.41, 5.74) is 2.85. The van der Waals surface area contributed by atoms with E-state index < -0.39 is 0 Å². The molecule has 0 radical (unpaired) electrons.